The summed E-state index contributed by atoms with van der Waals surface area (Å²) in [5.41, 5.74) is 1.98. The van der Waals surface area contributed by atoms with Gasteiger partial charge in [0.2, 0.25) is 5.96 Å². The predicted octanol–water partition coefficient (Wildman–Crippen LogP) is 5.08. The Labute approximate surface area is 145 Å². The van der Waals surface area contributed by atoms with Crippen molar-refractivity contribution in [1.82, 2.24) is 9.88 Å². The average molecular weight is 324 g/mol. The van der Waals surface area contributed by atoms with Crippen LogP contribution in [-0.2, 0) is 0 Å². The molecule has 1 aromatic carbocycles. The lowest BCUT2D eigenvalue weighted by Gasteiger charge is -2.27. The second kappa shape index (κ2) is 10.4. The van der Waals surface area contributed by atoms with Crippen molar-refractivity contribution in [2.24, 2.45) is 4.99 Å². The van der Waals surface area contributed by atoms with Crippen molar-refractivity contribution in [3.63, 3.8) is 0 Å². The number of hydrogen-bond donors (Lipinski definition) is 1. The van der Waals surface area contributed by atoms with Crippen molar-refractivity contribution in [2.45, 2.75) is 39.5 Å². The molecule has 0 atom stereocenters. The smallest absolute Gasteiger partial charge is 0.203 e. The van der Waals surface area contributed by atoms with E-state index in [9.17, 15) is 0 Å². The minimum absolute atomic E-state index is 0.911. The van der Waals surface area contributed by atoms with Gasteiger partial charge in [0, 0.05) is 31.2 Å². The van der Waals surface area contributed by atoms with E-state index in [1.165, 1.54) is 12.8 Å². The molecule has 0 saturated heterocycles. The zero-order valence-electron chi connectivity index (χ0n) is 14.8. The van der Waals surface area contributed by atoms with Crippen LogP contribution in [0.3, 0.4) is 0 Å². The zero-order chi connectivity index (χ0) is 17.0. The van der Waals surface area contributed by atoms with Crippen LogP contribution in [0.1, 0.15) is 39.5 Å². The Morgan fingerprint density at radius 1 is 0.958 bits per heavy atom. The molecule has 0 fully saturated rings. The van der Waals surface area contributed by atoms with E-state index >= 15 is 0 Å². The van der Waals surface area contributed by atoms with Gasteiger partial charge in [0.25, 0.3) is 0 Å². The summed E-state index contributed by atoms with van der Waals surface area (Å²) in [6.45, 7) is 6.48. The molecule has 0 radical (unpaired) electrons. The normalized spacial score (nSPS) is 11.3. The van der Waals surface area contributed by atoms with Crippen LogP contribution < -0.4 is 5.32 Å². The highest BCUT2D eigenvalue weighted by molar-refractivity contribution is 5.95. The summed E-state index contributed by atoms with van der Waals surface area (Å²) in [4.78, 5) is 11.3. The standard InChI is InChI=1S/C20H28N4/c1-3-5-16-24(17-6-4-2)20(22-18-10-8-7-9-11-18)23-19-12-14-21-15-13-19/h7-15H,3-6,16-17H2,1-2H3,(H,21,22,23). The summed E-state index contributed by atoms with van der Waals surface area (Å²) in [7, 11) is 0. The molecule has 0 amide bonds. The maximum Gasteiger partial charge on any atom is 0.203 e. The van der Waals surface area contributed by atoms with E-state index in [2.05, 4.69) is 41.2 Å². The fourth-order valence-corrected chi connectivity index (χ4v) is 2.39. The molecule has 0 spiro atoms. The second-order valence-electron chi connectivity index (χ2n) is 5.83. The van der Waals surface area contributed by atoms with Crippen LogP contribution in [0, 0.1) is 0 Å². The third-order valence-electron chi connectivity index (χ3n) is 3.79. The van der Waals surface area contributed by atoms with Crippen LogP contribution in [0.4, 0.5) is 11.4 Å². The highest BCUT2D eigenvalue weighted by Crippen LogP contribution is 2.14. The summed E-state index contributed by atoms with van der Waals surface area (Å²) < 4.78 is 0. The van der Waals surface area contributed by atoms with Gasteiger partial charge in [-0.05, 0) is 37.1 Å². The third kappa shape index (κ3) is 6.03. The topological polar surface area (TPSA) is 40.5 Å². The molecule has 4 nitrogen and oxygen atoms in total. The fourth-order valence-electron chi connectivity index (χ4n) is 2.39. The van der Waals surface area contributed by atoms with Crippen LogP contribution >= 0.6 is 0 Å². The van der Waals surface area contributed by atoms with Crippen molar-refractivity contribution < 1.29 is 0 Å². The van der Waals surface area contributed by atoms with E-state index < -0.39 is 0 Å². The Morgan fingerprint density at radius 2 is 1.58 bits per heavy atom. The Bertz CT molecular complexity index is 588. The number of benzene rings is 1. The molecular weight excluding hydrogens is 296 g/mol. The quantitative estimate of drug-likeness (QED) is 0.543. The summed E-state index contributed by atoms with van der Waals surface area (Å²) in [6.07, 6.45) is 8.24. The van der Waals surface area contributed by atoms with Gasteiger partial charge in [0.1, 0.15) is 0 Å². The first-order chi connectivity index (χ1) is 11.8. The molecule has 1 heterocycles. The number of aromatic nitrogens is 1. The maximum absolute atomic E-state index is 4.85. The van der Waals surface area contributed by atoms with Gasteiger partial charge in [-0.15, -0.1) is 0 Å². The van der Waals surface area contributed by atoms with Gasteiger partial charge in [-0.1, -0.05) is 44.9 Å². The zero-order valence-corrected chi connectivity index (χ0v) is 14.8. The van der Waals surface area contributed by atoms with Crippen molar-refractivity contribution in [2.75, 3.05) is 18.4 Å². The first kappa shape index (κ1) is 18.0. The van der Waals surface area contributed by atoms with Crippen molar-refractivity contribution in [1.29, 1.82) is 0 Å². The van der Waals surface area contributed by atoms with E-state index in [1.807, 2.05) is 30.3 Å². The summed E-state index contributed by atoms with van der Waals surface area (Å²) in [6, 6.07) is 14.1. The van der Waals surface area contributed by atoms with Crippen LogP contribution in [-0.4, -0.2) is 28.9 Å². The summed E-state index contributed by atoms with van der Waals surface area (Å²) in [5.74, 6) is 0.911. The molecule has 4 heteroatoms. The molecule has 24 heavy (non-hydrogen) atoms. The number of pyridine rings is 1. The molecule has 2 rings (SSSR count). The van der Waals surface area contributed by atoms with Gasteiger partial charge in [0.15, 0.2) is 0 Å². The number of unbranched alkanes of at least 4 members (excludes halogenated alkanes) is 2. The lowest BCUT2D eigenvalue weighted by atomic mass is 10.2. The number of rotatable bonds is 8. The van der Waals surface area contributed by atoms with Crippen molar-refractivity contribution in [3.05, 3.63) is 54.9 Å². The Balaban J connectivity index is 2.26. The predicted molar refractivity (Wildman–Crippen MR) is 103 cm³/mol. The van der Waals surface area contributed by atoms with Crippen LogP contribution in [0.25, 0.3) is 0 Å². The molecule has 1 N–H and O–H groups in total. The van der Waals surface area contributed by atoms with Crippen LogP contribution in [0.5, 0.6) is 0 Å². The fraction of sp³-hybridized carbons (Fsp3) is 0.400. The number of para-hydroxylation sites is 1. The second-order valence-corrected chi connectivity index (χ2v) is 5.83. The highest BCUT2D eigenvalue weighted by atomic mass is 15.3. The molecule has 1 aromatic heterocycles. The number of hydrogen-bond acceptors (Lipinski definition) is 2. The summed E-state index contributed by atoms with van der Waals surface area (Å²) in [5, 5.41) is 3.50. The molecule has 128 valence electrons. The number of nitrogens with zero attached hydrogens (tertiary/aromatic N) is 3. The molecule has 0 aliphatic rings. The van der Waals surface area contributed by atoms with Gasteiger partial charge in [-0.3, -0.25) is 4.98 Å². The minimum Gasteiger partial charge on any atom is -0.342 e. The van der Waals surface area contributed by atoms with Gasteiger partial charge in [0.05, 0.1) is 5.69 Å². The van der Waals surface area contributed by atoms with E-state index in [0.29, 0.717) is 0 Å². The van der Waals surface area contributed by atoms with Gasteiger partial charge in [-0.25, -0.2) is 4.99 Å². The highest BCUT2D eigenvalue weighted by Gasteiger charge is 2.11. The third-order valence-corrected chi connectivity index (χ3v) is 3.79. The van der Waals surface area contributed by atoms with Gasteiger partial charge < -0.3 is 10.2 Å². The Kier molecular flexibility index (Phi) is 7.81. The Hall–Kier alpha value is -2.36. The lowest BCUT2D eigenvalue weighted by Crippen LogP contribution is -2.37. The van der Waals surface area contributed by atoms with Gasteiger partial charge >= 0.3 is 0 Å². The van der Waals surface area contributed by atoms with E-state index in [1.54, 1.807) is 12.4 Å². The molecule has 0 bridgehead atoms. The van der Waals surface area contributed by atoms with E-state index in [-0.39, 0.29) is 0 Å². The first-order valence-corrected chi connectivity index (χ1v) is 8.89. The molecule has 0 saturated carbocycles. The molecule has 2 aromatic rings. The van der Waals surface area contributed by atoms with Crippen LogP contribution in [0.15, 0.2) is 59.9 Å². The largest absolute Gasteiger partial charge is 0.342 e. The van der Waals surface area contributed by atoms with Crippen molar-refractivity contribution >= 4 is 17.3 Å². The van der Waals surface area contributed by atoms with Crippen LogP contribution in [0.2, 0.25) is 0 Å². The van der Waals surface area contributed by atoms with E-state index in [4.69, 9.17) is 4.99 Å². The number of guanidine groups is 1. The number of anilines is 1. The minimum atomic E-state index is 0.911. The SMILES string of the molecule is CCCCN(CCCC)C(=Nc1ccncc1)Nc1ccccc1. The maximum atomic E-state index is 4.85. The number of nitrogens with one attached hydrogen (secondary N) is 1. The lowest BCUT2D eigenvalue weighted by molar-refractivity contribution is 0.397. The molecule has 0 aliphatic heterocycles. The molecule has 0 aliphatic carbocycles. The van der Waals surface area contributed by atoms with Crippen molar-refractivity contribution in [3.8, 4) is 0 Å². The number of aliphatic imine (C=N–C) groups is 1. The average Bonchev–Trinajstić information content (AvgIpc) is 2.63. The summed E-state index contributed by atoms with van der Waals surface area (Å²) >= 11 is 0. The van der Waals surface area contributed by atoms with Gasteiger partial charge in [-0.2, -0.15) is 0 Å². The molecule has 0 unspecified atom stereocenters. The molecular formula is C20H28N4. The first-order valence-electron chi connectivity index (χ1n) is 8.89. The Morgan fingerprint density at radius 3 is 2.17 bits per heavy atom. The monoisotopic (exact) mass is 324 g/mol. The van der Waals surface area contributed by atoms with E-state index in [0.717, 1.165) is 43.3 Å².